The summed E-state index contributed by atoms with van der Waals surface area (Å²) in [5, 5.41) is 6.60. The fourth-order valence-electron chi connectivity index (χ4n) is 2.35. The van der Waals surface area contributed by atoms with Gasteiger partial charge in [0.15, 0.2) is 5.96 Å². The van der Waals surface area contributed by atoms with Crippen LogP contribution in [-0.2, 0) is 16.0 Å². The van der Waals surface area contributed by atoms with Crippen molar-refractivity contribution < 1.29 is 9.53 Å². The van der Waals surface area contributed by atoms with E-state index in [2.05, 4.69) is 27.8 Å². The van der Waals surface area contributed by atoms with Gasteiger partial charge in [0.05, 0.1) is 0 Å². The van der Waals surface area contributed by atoms with Crippen LogP contribution in [0.15, 0.2) is 35.3 Å². The second-order valence-electron chi connectivity index (χ2n) is 6.91. The van der Waals surface area contributed by atoms with Crippen LogP contribution in [-0.4, -0.2) is 63.7 Å². The Morgan fingerprint density at radius 1 is 1.19 bits per heavy atom. The molecule has 2 rings (SSSR count). The van der Waals surface area contributed by atoms with Gasteiger partial charge in [0.25, 0.3) is 0 Å². The number of rotatable bonds is 11. The van der Waals surface area contributed by atoms with E-state index in [-0.39, 0.29) is 12.5 Å². The molecule has 0 aliphatic heterocycles. The number of hydrogen-bond donors (Lipinski definition) is 2. The highest BCUT2D eigenvalue weighted by Gasteiger charge is 2.20. The molecule has 144 valence electrons. The van der Waals surface area contributed by atoms with E-state index in [4.69, 9.17) is 4.74 Å². The Balaban J connectivity index is 1.70. The van der Waals surface area contributed by atoms with Gasteiger partial charge in [-0.2, -0.15) is 0 Å². The van der Waals surface area contributed by atoms with Crippen LogP contribution in [0, 0.1) is 5.92 Å². The number of likely N-dealkylation sites (N-methyl/N-ethyl adjacent to an activating group) is 1. The third kappa shape index (κ3) is 8.85. The molecule has 1 fully saturated rings. The quantitative estimate of drug-likeness (QED) is 0.358. The average Bonchev–Trinajstić information content (AvgIpc) is 3.46. The number of nitrogens with one attached hydrogen (secondary N) is 2. The van der Waals surface area contributed by atoms with Crippen molar-refractivity contribution in [2.45, 2.75) is 25.7 Å². The maximum Gasteiger partial charge on any atom is 0.243 e. The van der Waals surface area contributed by atoms with E-state index >= 15 is 0 Å². The molecule has 6 heteroatoms. The van der Waals surface area contributed by atoms with Gasteiger partial charge in [-0.05, 0) is 37.2 Å². The lowest BCUT2D eigenvalue weighted by Gasteiger charge is -2.14. The maximum atomic E-state index is 11.8. The van der Waals surface area contributed by atoms with Gasteiger partial charge in [-0.15, -0.1) is 0 Å². The van der Waals surface area contributed by atoms with E-state index in [0.29, 0.717) is 5.96 Å². The molecule has 2 N–H and O–H groups in total. The highest BCUT2D eigenvalue weighted by molar-refractivity contribution is 5.84. The molecule has 1 aromatic carbocycles. The zero-order valence-corrected chi connectivity index (χ0v) is 16.0. The molecule has 6 nitrogen and oxygen atoms in total. The maximum absolute atomic E-state index is 11.8. The number of nitrogens with zero attached hydrogens (tertiary/aromatic N) is 2. The molecule has 0 atom stereocenters. The molecular formula is C20H32N4O2. The summed E-state index contributed by atoms with van der Waals surface area (Å²) in [5.41, 5.74) is 1.28. The van der Waals surface area contributed by atoms with Crippen molar-refractivity contribution in [3.63, 3.8) is 0 Å². The van der Waals surface area contributed by atoms with Crippen molar-refractivity contribution in [1.82, 2.24) is 15.5 Å². The molecule has 0 spiro atoms. The fourth-order valence-corrected chi connectivity index (χ4v) is 2.35. The van der Waals surface area contributed by atoms with Crippen LogP contribution in [0.25, 0.3) is 0 Å². The SMILES string of the molecule is CN(C)C(=O)CN=C(NCCCOCC1CC1)NCCc1ccccc1. The second kappa shape index (κ2) is 11.5. The van der Waals surface area contributed by atoms with Crippen LogP contribution in [0.4, 0.5) is 0 Å². The van der Waals surface area contributed by atoms with Gasteiger partial charge in [-0.1, -0.05) is 30.3 Å². The summed E-state index contributed by atoms with van der Waals surface area (Å²) in [6, 6.07) is 10.3. The normalized spacial score (nSPS) is 14.2. The summed E-state index contributed by atoms with van der Waals surface area (Å²) in [6.07, 6.45) is 4.47. The highest BCUT2D eigenvalue weighted by atomic mass is 16.5. The predicted octanol–water partition coefficient (Wildman–Crippen LogP) is 1.67. The predicted molar refractivity (Wildman–Crippen MR) is 105 cm³/mol. The number of hydrogen-bond acceptors (Lipinski definition) is 3. The van der Waals surface area contributed by atoms with Crippen molar-refractivity contribution in [1.29, 1.82) is 0 Å². The monoisotopic (exact) mass is 360 g/mol. The minimum Gasteiger partial charge on any atom is -0.381 e. The van der Waals surface area contributed by atoms with Gasteiger partial charge in [0, 0.05) is 40.4 Å². The van der Waals surface area contributed by atoms with Crippen LogP contribution in [0.1, 0.15) is 24.8 Å². The van der Waals surface area contributed by atoms with Crippen LogP contribution in [0.3, 0.4) is 0 Å². The van der Waals surface area contributed by atoms with Gasteiger partial charge in [0.2, 0.25) is 5.91 Å². The molecule has 1 aliphatic rings. The van der Waals surface area contributed by atoms with E-state index in [1.54, 1.807) is 19.0 Å². The first-order valence-corrected chi connectivity index (χ1v) is 9.49. The molecule has 26 heavy (non-hydrogen) atoms. The topological polar surface area (TPSA) is 66.0 Å². The first kappa shape index (κ1) is 20.2. The van der Waals surface area contributed by atoms with Gasteiger partial charge in [-0.3, -0.25) is 4.79 Å². The summed E-state index contributed by atoms with van der Waals surface area (Å²) in [5.74, 6) is 1.47. The molecule has 1 aliphatic carbocycles. The van der Waals surface area contributed by atoms with E-state index in [9.17, 15) is 4.79 Å². The van der Waals surface area contributed by atoms with E-state index in [0.717, 1.165) is 45.1 Å². The van der Waals surface area contributed by atoms with Crippen molar-refractivity contribution in [3.8, 4) is 0 Å². The number of benzene rings is 1. The number of ether oxygens (including phenoxy) is 1. The first-order chi connectivity index (χ1) is 12.6. The van der Waals surface area contributed by atoms with Gasteiger partial charge in [0.1, 0.15) is 6.54 Å². The molecule has 1 aromatic rings. The van der Waals surface area contributed by atoms with Gasteiger partial charge in [-0.25, -0.2) is 4.99 Å². The Morgan fingerprint density at radius 3 is 2.62 bits per heavy atom. The summed E-state index contributed by atoms with van der Waals surface area (Å²) < 4.78 is 5.65. The molecule has 0 saturated heterocycles. The number of carbonyl (C=O) groups is 1. The Bertz CT molecular complexity index is 556. The Hall–Kier alpha value is -2.08. The lowest BCUT2D eigenvalue weighted by molar-refractivity contribution is -0.127. The van der Waals surface area contributed by atoms with Crippen LogP contribution >= 0.6 is 0 Å². The van der Waals surface area contributed by atoms with Crippen LogP contribution in [0.5, 0.6) is 0 Å². The lowest BCUT2D eigenvalue weighted by atomic mass is 10.1. The smallest absolute Gasteiger partial charge is 0.243 e. The molecule has 1 saturated carbocycles. The van der Waals surface area contributed by atoms with Crippen LogP contribution < -0.4 is 10.6 Å². The molecule has 1 amide bonds. The Kier molecular flexibility index (Phi) is 8.96. The molecular weight excluding hydrogens is 328 g/mol. The zero-order valence-electron chi connectivity index (χ0n) is 16.0. The first-order valence-electron chi connectivity index (χ1n) is 9.49. The van der Waals surface area contributed by atoms with Gasteiger partial charge >= 0.3 is 0 Å². The standard InChI is InChI=1S/C20H32N4O2/c1-24(2)19(25)15-23-20(21-12-6-14-26-16-18-9-10-18)22-13-11-17-7-4-3-5-8-17/h3-5,7-8,18H,6,9-16H2,1-2H3,(H2,21,22,23). The summed E-state index contributed by atoms with van der Waals surface area (Å²) in [6.45, 7) is 3.35. The number of aliphatic imine (C=N–C) groups is 1. The van der Waals surface area contributed by atoms with Crippen molar-refractivity contribution in [2.24, 2.45) is 10.9 Å². The molecule has 0 bridgehead atoms. The zero-order chi connectivity index (χ0) is 18.6. The number of guanidine groups is 1. The highest BCUT2D eigenvalue weighted by Crippen LogP contribution is 2.28. The third-order valence-corrected chi connectivity index (χ3v) is 4.23. The van der Waals surface area contributed by atoms with Crippen molar-refractivity contribution in [3.05, 3.63) is 35.9 Å². The Labute approximate surface area is 157 Å². The summed E-state index contributed by atoms with van der Waals surface area (Å²) >= 11 is 0. The third-order valence-electron chi connectivity index (χ3n) is 4.23. The molecule has 0 unspecified atom stereocenters. The number of carbonyl (C=O) groups excluding carboxylic acids is 1. The lowest BCUT2D eigenvalue weighted by Crippen LogP contribution is -2.40. The van der Waals surface area contributed by atoms with E-state index < -0.39 is 0 Å². The second-order valence-corrected chi connectivity index (χ2v) is 6.91. The number of amides is 1. The molecule has 0 radical (unpaired) electrons. The molecule has 0 heterocycles. The molecule has 0 aromatic heterocycles. The van der Waals surface area contributed by atoms with E-state index in [1.165, 1.54) is 18.4 Å². The fraction of sp³-hybridized carbons (Fsp3) is 0.600. The average molecular weight is 361 g/mol. The largest absolute Gasteiger partial charge is 0.381 e. The summed E-state index contributed by atoms with van der Waals surface area (Å²) in [7, 11) is 3.48. The van der Waals surface area contributed by atoms with E-state index in [1.807, 2.05) is 18.2 Å². The Morgan fingerprint density at radius 2 is 1.92 bits per heavy atom. The van der Waals surface area contributed by atoms with Crippen molar-refractivity contribution in [2.75, 3.05) is 46.9 Å². The van der Waals surface area contributed by atoms with Crippen molar-refractivity contribution >= 4 is 11.9 Å². The van der Waals surface area contributed by atoms with Crippen LogP contribution in [0.2, 0.25) is 0 Å². The van der Waals surface area contributed by atoms with Gasteiger partial charge < -0.3 is 20.3 Å². The minimum absolute atomic E-state index is 0.0121. The summed E-state index contributed by atoms with van der Waals surface area (Å²) in [4.78, 5) is 17.7. The minimum atomic E-state index is -0.0121.